The first-order valence-electron chi connectivity index (χ1n) is 12.1. The third kappa shape index (κ3) is 5.71. The summed E-state index contributed by atoms with van der Waals surface area (Å²) in [6.45, 7) is 6.02. The van der Waals surface area contributed by atoms with E-state index in [1.54, 1.807) is 0 Å². The van der Waals surface area contributed by atoms with E-state index in [-0.39, 0.29) is 11.8 Å². The zero-order valence-corrected chi connectivity index (χ0v) is 20.7. The van der Waals surface area contributed by atoms with Crippen LogP contribution in [-0.2, 0) is 17.8 Å². The van der Waals surface area contributed by atoms with Gasteiger partial charge in [0.2, 0.25) is 12.2 Å². The average Bonchev–Trinajstić information content (AvgIpc) is 3.27. The highest BCUT2D eigenvalue weighted by Gasteiger charge is 2.45. The minimum atomic E-state index is -1.53. The van der Waals surface area contributed by atoms with Gasteiger partial charge in [-0.3, -0.25) is 5.10 Å². The van der Waals surface area contributed by atoms with E-state index >= 15 is 0 Å². The zero-order valence-electron chi connectivity index (χ0n) is 20.7. The number of ether oxygens (including phenoxy) is 3. The van der Waals surface area contributed by atoms with Gasteiger partial charge in [0.25, 0.3) is 0 Å². The number of aromatic nitrogens is 2. The summed E-state index contributed by atoms with van der Waals surface area (Å²) in [6.07, 6.45) is -6.37. The molecule has 1 fully saturated rings. The minimum Gasteiger partial charge on any atom is -0.489 e. The third-order valence-corrected chi connectivity index (χ3v) is 6.44. The third-order valence-electron chi connectivity index (χ3n) is 6.44. The maximum Gasteiger partial charge on any atom is 0.238 e. The second-order valence-corrected chi connectivity index (χ2v) is 9.43. The normalized spacial score (nSPS) is 24.2. The first-order valence-corrected chi connectivity index (χ1v) is 12.1. The van der Waals surface area contributed by atoms with Gasteiger partial charge in [0, 0.05) is 17.7 Å². The number of rotatable bonds is 9. The van der Waals surface area contributed by atoms with E-state index in [9.17, 15) is 20.4 Å². The second-order valence-electron chi connectivity index (χ2n) is 9.43. The number of H-pyrrole nitrogens is 1. The predicted molar refractivity (Wildman–Crippen MR) is 132 cm³/mol. The molecule has 0 spiro atoms. The molecule has 0 radical (unpaired) electrons. The van der Waals surface area contributed by atoms with Crippen molar-refractivity contribution in [3.63, 3.8) is 0 Å². The Morgan fingerprint density at radius 3 is 2.44 bits per heavy atom. The number of aliphatic hydroxyl groups is 4. The van der Waals surface area contributed by atoms with Crippen molar-refractivity contribution in [2.75, 3.05) is 6.61 Å². The van der Waals surface area contributed by atoms with E-state index in [1.807, 2.05) is 69.3 Å². The first kappa shape index (κ1) is 26.1. The van der Waals surface area contributed by atoms with Crippen molar-refractivity contribution in [3.05, 3.63) is 76.5 Å². The summed E-state index contributed by atoms with van der Waals surface area (Å²) in [5, 5.41) is 47.3. The second kappa shape index (κ2) is 11.4. The van der Waals surface area contributed by atoms with Gasteiger partial charge in [0.1, 0.15) is 36.8 Å². The molecular formula is C27H34N2O7. The van der Waals surface area contributed by atoms with Crippen LogP contribution in [0.25, 0.3) is 0 Å². The predicted octanol–water partition coefficient (Wildman–Crippen LogP) is 2.19. The topological polar surface area (TPSA) is 137 Å². The van der Waals surface area contributed by atoms with E-state index in [2.05, 4.69) is 10.2 Å². The number of aryl methyl sites for hydroxylation is 1. The van der Waals surface area contributed by atoms with Crippen LogP contribution < -0.4 is 9.47 Å². The molecule has 9 heteroatoms. The van der Waals surface area contributed by atoms with Crippen LogP contribution in [0.2, 0.25) is 0 Å². The Morgan fingerprint density at radius 1 is 1.03 bits per heavy atom. The molecule has 5 N–H and O–H groups in total. The Hall–Kier alpha value is -2.95. The molecule has 1 aromatic heterocycles. The number of aromatic amines is 1. The molecule has 36 heavy (non-hydrogen) atoms. The molecule has 1 saturated heterocycles. The van der Waals surface area contributed by atoms with Gasteiger partial charge in [0.05, 0.1) is 6.61 Å². The molecule has 0 bridgehead atoms. The highest BCUT2D eigenvalue weighted by molar-refractivity contribution is 5.42. The van der Waals surface area contributed by atoms with Crippen molar-refractivity contribution >= 4 is 0 Å². The lowest BCUT2D eigenvalue weighted by molar-refractivity contribution is -0.278. The van der Waals surface area contributed by atoms with Crippen LogP contribution >= 0.6 is 0 Å². The Balaban J connectivity index is 1.52. The molecule has 9 nitrogen and oxygen atoms in total. The largest absolute Gasteiger partial charge is 0.489 e. The summed E-state index contributed by atoms with van der Waals surface area (Å²) in [7, 11) is 0. The van der Waals surface area contributed by atoms with E-state index < -0.39 is 37.3 Å². The highest BCUT2D eigenvalue weighted by Crippen LogP contribution is 2.32. The monoisotopic (exact) mass is 498 g/mol. The summed E-state index contributed by atoms with van der Waals surface area (Å²) in [6, 6.07) is 15.9. The standard InChI is InChI=1S/C27H34N2O7/c1-15(2)22-20(26(29-28-22)36-27-25(33)24(32)23(31)21(13-30)35-27)12-18-9-10-19(11-16(18)3)34-14-17-7-5-4-6-8-17/h4-11,15,21,23-25,27,30-33H,12-14H2,1-3H3,(H,28,29)/t21-,23-,24+,25-,27+/m1/s1. The lowest BCUT2D eigenvalue weighted by atomic mass is 9.96. The SMILES string of the molecule is Cc1cc(OCc2ccccc2)ccc1Cc1c(O[C@@H]2O[C@H](CO)[C@@H](O)[C@H](O)[C@H]2O)n[nH]c1C(C)C. The molecule has 3 aromatic rings. The number of hydrogen-bond donors (Lipinski definition) is 5. The summed E-state index contributed by atoms with van der Waals surface area (Å²) < 4.78 is 17.3. The molecule has 1 aliphatic rings. The van der Waals surface area contributed by atoms with Crippen LogP contribution in [-0.4, -0.2) is 67.9 Å². The number of hydrogen-bond acceptors (Lipinski definition) is 8. The Kier molecular flexibility index (Phi) is 8.28. The minimum absolute atomic E-state index is 0.119. The number of nitrogens with one attached hydrogen (secondary N) is 1. The number of nitrogens with zero attached hydrogens (tertiary/aromatic N) is 1. The van der Waals surface area contributed by atoms with Crippen LogP contribution in [0.1, 0.15) is 47.7 Å². The Labute approximate surface area is 210 Å². The highest BCUT2D eigenvalue weighted by atomic mass is 16.7. The van der Waals surface area contributed by atoms with E-state index in [0.29, 0.717) is 13.0 Å². The molecule has 5 atom stereocenters. The quantitative estimate of drug-likeness (QED) is 0.303. The maximum absolute atomic E-state index is 10.4. The van der Waals surface area contributed by atoms with E-state index in [0.717, 1.165) is 33.7 Å². The van der Waals surface area contributed by atoms with E-state index in [4.69, 9.17) is 14.2 Å². The Morgan fingerprint density at radius 2 is 1.78 bits per heavy atom. The molecule has 0 amide bonds. The number of benzene rings is 2. The van der Waals surface area contributed by atoms with Crippen molar-refractivity contribution in [1.29, 1.82) is 0 Å². The van der Waals surface area contributed by atoms with Gasteiger partial charge >= 0.3 is 0 Å². The van der Waals surface area contributed by atoms with Gasteiger partial charge in [-0.2, -0.15) is 0 Å². The number of aliphatic hydroxyl groups excluding tert-OH is 4. The summed E-state index contributed by atoms with van der Waals surface area (Å²) >= 11 is 0. The molecule has 0 unspecified atom stereocenters. The van der Waals surface area contributed by atoms with Crippen molar-refractivity contribution in [3.8, 4) is 11.6 Å². The summed E-state index contributed by atoms with van der Waals surface area (Å²) in [5.74, 6) is 1.12. The van der Waals surface area contributed by atoms with Crippen molar-refractivity contribution in [2.24, 2.45) is 0 Å². The molecule has 0 saturated carbocycles. The zero-order chi connectivity index (χ0) is 25.8. The Bertz CT molecular complexity index is 1130. The van der Waals surface area contributed by atoms with Crippen LogP contribution in [0.3, 0.4) is 0 Å². The summed E-state index contributed by atoms with van der Waals surface area (Å²) in [5.41, 5.74) is 4.84. The van der Waals surface area contributed by atoms with Crippen LogP contribution in [0.4, 0.5) is 0 Å². The van der Waals surface area contributed by atoms with Gasteiger partial charge in [0.15, 0.2) is 0 Å². The lowest BCUT2D eigenvalue weighted by Crippen LogP contribution is -2.60. The molecule has 2 heterocycles. The summed E-state index contributed by atoms with van der Waals surface area (Å²) in [4.78, 5) is 0. The van der Waals surface area contributed by atoms with Gasteiger partial charge in [-0.05, 0) is 41.7 Å². The van der Waals surface area contributed by atoms with Crippen molar-refractivity contribution in [2.45, 2.75) is 70.4 Å². The van der Waals surface area contributed by atoms with Crippen LogP contribution in [0.15, 0.2) is 48.5 Å². The maximum atomic E-state index is 10.4. The molecular weight excluding hydrogens is 464 g/mol. The molecule has 2 aromatic carbocycles. The molecule has 194 valence electrons. The van der Waals surface area contributed by atoms with Gasteiger partial charge in [-0.25, -0.2) is 0 Å². The fraction of sp³-hybridized carbons (Fsp3) is 0.444. The van der Waals surface area contributed by atoms with Crippen molar-refractivity contribution < 1.29 is 34.6 Å². The van der Waals surface area contributed by atoms with Crippen LogP contribution in [0, 0.1) is 6.92 Å². The van der Waals surface area contributed by atoms with Crippen molar-refractivity contribution in [1.82, 2.24) is 10.2 Å². The van der Waals surface area contributed by atoms with Gasteiger partial charge in [-0.1, -0.05) is 50.2 Å². The molecule has 1 aliphatic heterocycles. The fourth-order valence-corrected chi connectivity index (χ4v) is 4.27. The fourth-order valence-electron chi connectivity index (χ4n) is 4.27. The average molecular weight is 499 g/mol. The molecule has 4 rings (SSSR count). The van der Waals surface area contributed by atoms with Gasteiger partial charge < -0.3 is 34.6 Å². The van der Waals surface area contributed by atoms with Crippen LogP contribution in [0.5, 0.6) is 11.6 Å². The smallest absolute Gasteiger partial charge is 0.238 e. The first-order chi connectivity index (χ1) is 17.3. The van der Waals surface area contributed by atoms with Gasteiger partial charge in [-0.15, -0.1) is 5.10 Å². The lowest BCUT2D eigenvalue weighted by Gasteiger charge is -2.39. The molecule has 0 aliphatic carbocycles. The van der Waals surface area contributed by atoms with E-state index in [1.165, 1.54) is 0 Å².